The standard InChI is InChI=1S/C16H20N4O/c21-15(14-11-12-2-3-13(14)10-12)19-6-8-20(9-7-19)16-17-4-1-5-18-16/h1-5,12-14H,6-11H2/t12-,13+,14-/m1/s1. The molecule has 1 aromatic rings. The van der Waals surface area contributed by atoms with Crippen molar-refractivity contribution >= 4 is 11.9 Å². The number of rotatable bonds is 2. The highest BCUT2D eigenvalue weighted by Crippen LogP contribution is 2.44. The molecule has 0 radical (unpaired) electrons. The molecule has 1 saturated carbocycles. The Hall–Kier alpha value is -1.91. The highest BCUT2D eigenvalue weighted by molar-refractivity contribution is 5.80. The van der Waals surface area contributed by atoms with Crippen molar-refractivity contribution in [3.8, 4) is 0 Å². The van der Waals surface area contributed by atoms with Crippen LogP contribution in [0.3, 0.4) is 0 Å². The van der Waals surface area contributed by atoms with Gasteiger partial charge in [-0.25, -0.2) is 9.97 Å². The molecule has 0 aromatic carbocycles. The molecule has 0 N–H and O–H groups in total. The lowest BCUT2D eigenvalue weighted by atomic mass is 9.92. The number of carbonyl (C=O) groups is 1. The van der Waals surface area contributed by atoms with E-state index >= 15 is 0 Å². The summed E-state index contributed by atoms with van der Waals surface area (Å²) in [5, 5.41) is 0. The van der Waals surface area contributed by atoms with Crippen molar-refractivity contribution in [2.24, 2.45) is 17.8 Å². The van der Waals surface area contributed by atoms with Crippen LogP contribution in [0, 0.1) is 17.8 Å². The molecule has 4 rings (SSSR count). The largest absolute Gasteiger partial charge is 0.339 e. The van der Waals surface area contributed by atoms with E-state index in [1.807, 2.05) is 11.0 Å². The molecule has 1 aliphatic heterocycles. The molecule has 5 heteroatoms. The third kappa shape index (κ3) is 2.30. The van der Waals surface area contributed by atoms with Crippen LogP contribution in [-0.2, 0) is 4.79 Å². The van der Waals surface area contributed by atoms with Gasteiger partial charge in [0, 0.05) is 44.5 Å². The van der Waals surface area contributed by atoms with Crippen molar-refractivity contribution in [2.45, 2.75) is 12.8 Å². The van der Waals surface area contributed by atoms with Crippen LogP contribution in [0.5, 0.6) is 0 Å². The first-order valence-electron chi connectivity index (χ1n) is 7.80. The Morgan fingerprint density at radius 3 is 2.43 bits per heavy atom. The first-order chi connectivity index (χ1) is 10.3. The molecule has 2 aliphatic carbocycles. The number of nitrogens with zero attached hydrogens (tertiary/aromatic N) is 4. The maximum absolute atomic E-state index is 12.7. The molecule has 0 unspecified atom stereocenters. The van der Waals surface area contributed by atoms with Gasteiger partial charge < -0.3 is 9.80 Å². The number of allylic oxidation sites excluding steroid dienone is 2. The Morgan fingerprint density at radius 1 is 1.05 bits per heavy atom. The smallest absolute Gasteiger partial charge is 0.226 e. The molecule has 3 aliphatic rings. The molecule has 5 nitrogen and oxygen atoms in total. The molecule has 2 fully saturated rings. The summed E-state index contributed by atoms with van der Waals surface area (Å²) < 4.78 is 0. The van der Waals surface area contributed by atoms with E-state index in [0.29, 0.717) is 17.7 Å². The summed E-state index contributed by atoms with van der Waals surface area (Å²) in [6.07, 6.45) is 10.3. The fraction of sp³-hybridized carbons (Fsp3) is 0.562. The number of hydrogen-bond donors (Lipinski definition) is 0. The lowest BCUT2D eigenvalue weighted by Gasteiger charge is -2.36. The maximum Gasteiger partial charge on any atom is 0.226 e. The van der Waals surface area contributed by atoms with Gasteiger partial charge in [0.05, 0.1) is 0 Å². The Morgan fingerprint density at radius 2 is 1.81 bits per heavy atom. The minimum atomic E-state index is 0.236. The lowest BCUT2D eigenvalue weighted by molar-refractivity contribution is -0.136. The van der Waals surface area contributed by atoms with Gasteiger partial charge in [-0.1, -0.05) is 12.2 Å². The number of anilines is 1. The van der Waals surface area contributed by atoms with Gasteiger partial charge in [0.25, 0.3) is 0 Å². The number of carbonyl (C=O) groups excluding carboxylic acids is 1. The molecular formula is C16H20N4O. The van der Waals surface area contributed by atoms with E-state index in [0.717, 1.165) is 38.5 Å². The average Bonchev–Trinajstić information content (AvgIpc) is 3.18. The Kier molecular flexibility index (Phi) is 3.13. The minimum absolute atomic E-state index is 0.236. The number of aromatic nitrogens is 2. The number of amides is 1. The quantitative estimate of drug-likeness (QED) is 0.769. The van der Waals surface area contributed by atoms with Gasteiger partial charge in [-0.3, -0.25) is 4.79 Å². The van der Waals surface area contributed by atoms with Crippen LogP contribution in [0.25, 0.3) is 0 Å². The fourth-order valence-electron chi connectivity index (χ4n) is 3.88. The fourth-order valence-corrected chi connectivity index (χ4v) is 3.88. The van der Waals surface area contributed by atoms with Crippen molar-refractivity contribution in [1.29, 1.82) is 0 Å². The van der Waals surface area contributed by atoms with Crippen LogP contribution in [0.4, 0.5) is 5.95 Å². The average molecular weight is 284 g/mol. The van der Waals surface area contributed by atoms with E-state index in [2.05, 4.69) is 27.0 Å². The van der Waals surface area contributed by atoms with Crippen LogP contribution in [0.15, 0.2) is 30.6 Å². The summed E-state index contributed by atoms with van der Waals surface area (Å²) >= 11 is 0. The third-order valence-electron chi connectivity index (χ3n) is 5.02. The van der Waals surface area contributed by atoms with Gasteiger partial charge in [0.1, 0.15) is 0 Å². The zero-order valence-electron chi connectivity index (χ0n) is 12.1. The van der Waals surface area contributed by atoms with Gasteiger partial charge in [-0.05, 0) is 30.7 Å². The van der Waals surface area contributed by atoms with Gasteiger partial charge in [0.15, 0.2) is 0 Å². The summed E-state index contributed by atoms with van der Waals surface area (Å²) in [5.41, 5.74) is 0. The van der Waals surface area contributed by atoms with Gasteiger partial charge in [-0.2, -0.15) is 0 Å². The van der Waals surface area contributed by atoms with Gasteiger partial charge in [-0.15, -0.1) is 0 Å². The van der Waals surface area contributed by atoms with E-state index in [4.69, 9.17) is 0 Å². The third-order valence-corrected chi connectivity index (χ3v) is 5.02. The predicted octanol–water partition coefficient (Wildman–Crippen LogP) is 1.34. The van der Waals surface area contributed by atoms with Crippen molar-refractivity contribution in [2.75, 3.05) is 31.1 Å². The Balaban J connectivity index is 1.37. The summed E-state index contributed by atoms with van der Waals surface area (Å²) in [6, 6.07) is 1.83. The number of piperazine rings is 1. The van der Waals surface area contributed by atoms with Crippen LogP contribution in [-0.4, -0.2) is 47.0 Å². The van der Waals surface area contributed by atoms with E-state index in [9.17, 15) is 4.79 Å². The molecule has 21 heavy (non-hydrogen) atoms. The zero-order valence-corrected chi connectivity index (χ0v) is 12.1. The van der Waals surface area contributed by atoms with Crippen molar-refractivity contribution in [3.63, 3.8) is 0 Å². The monoisotopic (exact) mass is 284 g/mol. The molecule has 0 spiro atoms. The van der Waals surface area contributed by atoms with Crippen LogP contribution >= 0.6 is 0 Å². The second kappa shape index (κ2) is 5.13. The van der Waals surface area contributed by atoms with Crippen molar-refractivity contribution in [1.82, 2.24) is 14.9 Å². The molecule has 2 heterocycles. The van der Waals surface area contributed by atoms with E-state index in [1.165, 1.54) is 6.42 Å². The minimum Gasteiger partial charge on any atom is -0.339 e. The summed E-state index contributed by atoms with van der Waals surface area (Å²) in [6.45, 7) is 3.22. The molecule has 1 saturated heterocycles. The zero-order chi connectivity index (χ0) is 14.2. The summed E-state index contributed by atoms with van der Waals surface area (Å²) in [5.74, 6) is 2.52. The van der Waals surface area contributed by atoms with E-state index in [1.54, 1.807) is 12.4 Å². The van der Waals surface area contributed by atoms with E-state index < -0.39 is 0 Å². The molecular weight excluding hydrogens is 264 g/mol. The second-order valence-electron chi connectivity index (χ2n) is 6.25. The first-order valence-corrected chi connectivity index (χ1v) is 7.80. The molecule has 3 atom stereocenters. The Bertz CT molecular complexity index is 551. The summed E-state index contributed by atoms with van der Waals surface area (Å²) in [7, 11) is 0. The maximum atomic E-state index is 12.7. The number of fused-ring (bicyclic) bond motifs is 2. The van der Waals surface area contributed by atoms with Gasteiger partial charge in [0.2, 0.25) is 11.9 Å². The highest BCUT2D eigenvalue weighted by atomic mass is 16.2. The van der Waals surface area contributed by atoms with Crippen molar-refractivity contribution in [3.05, 3.63) is 30.6 Å². The van der Waals surface area contributed by atoms with Gasteiger partial charge >= 0.3 is 0 Å². The van der Waals surface area contributed by atoms with Crippen LogP contribution in [0.2, 0.25) is 0 Å². The SMILES string of the molecule is O=C([C@@H]1C[C@@H]2C=C[C@H]1C2)N1CCN(c2ncccn2)CC1. The van der Waals surface area contributed by atoms with Crippen molar-refractivity contribution < 1.29 is 4.79 Å². The number of hydrogen-bond acceptors (Lipinski definition) is 4. The van der Waals surface area contributed by atoms with Crippen LogP contribution in [0.1, 0.15) is 12.8 Å². The highest BCUT2D eigenvalue weighted by Gasteiger charge is 2.41. The van der Waals surface area contributed by atoms with Crippen LogP contribution < -0.4 is 4.90 Å². The molecule has 110 valence electrons. The molecule has 2 bridgehead atoms. The van der Waals surface area contributed by atoms with E-state index in [-0.39, 0.29) is 5.92 Å². The predicted molar refractivity (Wildman–Crippen MR) is 79.7 cm³/mol. The Labute approximate surface area is 124 Å². The first kappa shape index (κ1) is 12.8. The molecule has 1 amide bonds. The summed E-state index contributed by atoms with van der Waals surface area (Å²) in [4.78, 5) is 25.4. The molecule has 1 aromatic heterocycles. The lowest BCUT2D eigenvalue weighted by Crippen LogP contribution is -2.51. The topological polar surface area (TPSA) is 49.3 Å². The normalized spacial score (nSPS) is 31.0. The second-order valence-corrected chi connectivity index (χ2v) is 6.25.